The Morgan fingerprint density at radius 1 is 1.04 bits per heavy atom. The van der Waals surface area contributed by atoms with Crippen LogP contribution in [-0.2, 0) is 10.0 Å². The molecule has 11 heteroatoms. The Hall–Kier alpha value is -2.79. The molecule has 1 fully saturated rings. The van der Waals surface area contributed by atoms with Crippen LogP contribution in [0.2, 0.25) is 0 Å². The highest BCUT2D eigenvalue weighted by Gasteiger charge is 2.29. The van der Waals surface area contributed by atoms with Gasteiger partial charge in [0, 0.05) is 44.6 Å². The first-order chi connectivity index (χ1) is 12.1. The molecule has 0 radical (unpaired) electrons. The Kier molecular flexibility index (Phi) is 3.93. The first-order valence-corrected chi connectivity index (χ1v) is 9.12. The van der Waals surface area contributed by atoms with Crippen LogP contribution in [0.15, 0.2) is 48.7 Å². The molecule has 0 spiro atoms. The van der Waals surface area contributed by atoms with Gasteiger partial charge in [-0.2, -0.15) is 4.31 Å². The number of hydrogen-bond acceptors (Lipinski definition) is 7. The van der Waals surface area contributed by atoms with E-state index in [0.29, 0.717) is 26.2 Å². The fourth-order valence-corrected chi connectivity index (χ4v) is 4.04. The number of nitrogens with one attached hydrogen (secondary N) is 1. The first kappa shape index (κ1) is 15.7. The SMILES string of the molecule is O=S(=O)(c1cnc[nH]1)N1CCN(c2cc(-n3ccnc3)ncn2)CC1. The molecule has 0 bridgehead atoms. The molecule has 1 aliphatic heterocycles. The summed E-state index contributed by atoms with van der Waals surface area (Å²) in [6.45, 7) is 1.86. The average Bonchev–Trinajstić information content (AvgIpc) is 3.36. The van der Waals surface area contributed by atoms with Crippen LogP contribution in [0.25, 0.3) is 5.82 Å². The van der Waals surface area contributed by atoms with Crippen molar-refractivity contribution in [1.29, 1.82) is 0 Å². The molecule has 0 aromatic carbocycles. The number of imidazole rings is 2. The number of aromatic nitrogens is 6. The van der Waals surface area contributed by atoms with E-state index in [4.69, 9.17) is 0 Å². The summed E-state index contributed by atoms with van der Waals surface area (Å²) in [5, 5.41) is 0.116. The minimum Gasteiger partial charge on any atom is -0.354 e. The van der Waals surface area contributed by atoms with Crippen LogP contribution in [0.4, 0.5) is 5.82 Å². The van der Waals surface area contributed by atoms with Crippen molar-refractivity contribution in [2.24, 2.45) is 0 Å². The number of anilines is 1. The molecule has 3 aromatic rings. The van der Waals surface area contributed by atoms with E-state index < -0.39 is 10.0 Å². The minimum atomic E-state index is -3.52. The maximum Gasteiger partial charge on any atom is 0.260 e. The molecule has 3 aromatic heterocycles. The highest BCUT2D eigenvalue weighted by Crippen LogP contribution is 2.19. The summed E-state index contributed by atoms with van der Waals surface area (Å²) in [6.07, 6.45) is 9.34. The summed E-state index contributed by atoms with van der Waals surface area (Å²) in [4.78, 5) is 21.0. The first-order valence-electron chi connectivity index (χ1n) is 7.68. The van der Waals surface area contributed by atoms with Gasteiger partial charge >= 0.3 is 0 Å². The van der Waals surface area contributed by atoms with Crippen molar-refractivity contribution in [2.75, 3.05) is 31.1 Å². The van der Waals surface area contributed by atoms with Crippen molar-refractivity contribution in [3.8, 4) is 5.82 Å². The van der Waals surface area contributed by atoms with Gasteiger partial charge < -0.3 is 9.88 Å². The molecule has 1 saturated heterocycles. The molecule has 1 aliphatic rings. The summed E-state index contributed by atoms with van der Waals surface area (Å²) in [7, 11) is -3.52. The van der Waals surface area contributed by atoms with Crippen LogP contribution in [-0.4, -0.2) is 68.4 Å². The van der Waals surface area contributed by atoms with E-state index in [0.717, 1.165) is 11.6 Å². The van der Waals surface area contributed by atoms with Gasteiger partial charge in [-0.25, -0.2) is 28.4 Å². The lowest BCUT2D eigenvalue weighted by Gasteiger charge is -2.34. The molecule has 10 nitrogen and oxygen atoms in total. The van der Waals surface area contributed by atoms with Crippen LogP contribution in [0.5, 0.6) is 0 Å². The van der Waals surface area contributed by atoms with Crippen LogP contribution < -0.4 is 4.90 Å². The number of rotatable bonds is 4. The highest BCUT2D eigenvalue weighted by molar-refractivity contribution is 7.89. The van der Waals surface area contributed by atoms with Crippen molar-refractivity contribution in [3.05, 3.63) is 43.6 Å². The molecule has 4 heterocycles. The molecule has 0 atom stereocenters. The Morgan fingerprint density at radius 3 is 2.52 bits per heavy atom. The number of aromatic amines is 1. The normalized spacial score (nSPS) is 16.2. The highest BCUT2D eigenvalue weighted by atomic mass is 32.2. The zero-order valence-corrected chi connectivity index (χ0v) is 14.0. The van der Waals surface area contributed by atoms with Crippen molar-refractivity contribution < 1.29 is 8.42 Å². The topological polar surface area (TPSA) is 113 Å². The fourth-order valence-electron chi connectivity index (χ4n) is 2.73. The van der Waals surface area contributed by atoms with Crippen molar-refractivity contribution in [3.63, 3.8) is 0 Å². The third-order valence-corrected chi connectivity index (χ3v) is 5.88. The predicted molar refractivity (Wildman–Crippen MR) is 88.7 cm³/mol. The predicted octanol–water partition coefficient (Wildman–Crippen LogP) is -0.104. The van der Waals surface area contributed by atoms with E-state index in [9.17, 15) is 8.42 Å². The Bertz CT molecular complexity index is 931. The average molecular weight is 360 g/mol. The van der Waals surface area contributed by atoms with Gasteiger partial charge in [0.05, 0.1) is 12.5 Å². The molecule has 0 saturated carbocycles. The molecule has 130 valence electrons. The summed E-state index contributed by atoms with van der Waals surface area (Å²) in [5.74, 6) is 1.48. The van der Waals surface area contributed by atoms with Gasteiger partial charge in [-0.1, -0.05) is 0 Å². The van der Waals surface area contributed by atoms with E-state index in [1.165, 1.54) is 23.2 Å². The zero-order valence-electron chi connectivity index (χ0n) is 13.2. The number of hydrogen-bond donors (Lipinski definition) is 1. The Labute approximate surface area is 144 Å². The van der Waals surface area contributed by atoms with E-state index in [1.54, 1.807) is 23.3 Å². The molecule has 0 amide bonds. The second-order valence-corrected chi connectivity index (χ2v) is 7.42. The maximum absolute atomic E-state index is 12.5. The van der Waals surface area contributed by atoms with E-state index in [1.807, 2.05) is 11.0 Å². The van der Waals surface area contributed by atoms with Gasteiger partial charge in [0.1, 0.15) is 24.3 Å². The maximum atomic E-state index is 12.5. The third-order valence-electron chi connectivity index (χ3n) is 4.06. The number of sulfonamides is 1. The number of nitrogens with zero attached hydrogens (tertiary/aromatic N) is 7. The molecule has 25 heavy (non-hydrogen) atoms. The van der Waals surface area contributed by atoms with Crippen LogP contribution >= 0.6 is 0 Å². The standard InChI is InChI=1S/C14H16N8O2S/c23-25(24,14-8-16-9-19-14)22-5-3-20(4-6-22)12-7-13(18-10-17-12)21-2-1-15-11-21/h1-2,7-11H,3-6H2,(H,16,19). The lowest BCUT2D eigenvalue weighted by atomic mass is 10.3. The summed E-state index contributed by atoms with van der Waals surface area (Å²) >= 11 is 0. The van der Waals surface area contributed by atoms with Gasteiger partial charge in [-0.15, -0.1) is 0 Å². The van der Waals surface area contributed by atoms with Gasteiger partial charge in [-0.3, -0.25) is 4.57 Å². The van der Waals surface area contributed by atoms with Crippen LogP contribution in [0.3, 0.4) is 0 Å². The summed E-state index contributed by atoms with van der Waals surface area (Å²) in [6, 6.07) is 1.86. The molecule has 0 unspecified atom stereocenters. The Morgan fingerprint density at radius 2 is 1.84 bits per heavy atom. The van der Waals surface area contributed by atoms with Gasteiger partial charge in [0.25, 0.3) is 10.0 Å². The molecular weight excluding hydrogens is 344 g/mol. The summed E-state index contributed by atoms with van der Waals surface area (Å²) < 4.78 is 28.3. The van der Waals surface area contributed by atoms with Gasteiger partial charge in [0.2, 0.25) is 0 Å². The number of H-pyrrole nitrogens is 1. The second-order valence-electron chi connectivity index (χ2n) is 5.51. The zero-order chi connectivity index (χ0) is 17.3. The van der Waals surface area contributed by atoms with Crippen molar-refractivity contribution >= 4 is 15.8 Å². The van der Waals surface area contributed by atoms with E-state index in [2.05, 4.69) is 24.9 Å². The van der Waals surface area contributed by atoms with Crippen LogP contribution in [0, 0.1) is 0 Å². The smallest absolute Gasteiger partial charge is 0.260 e. The number of piperazine rings is 1. The monoisotopic (exact) mass is 360 g/mol. The minimum absolute atomic E-state index is 0.116. The second kappa shape index (κ2) is 6.26. The quantitative estimate of drug-likeness (QED) is 0.691. The van der Waals surface area contributed by atoms with E-state index >= 15 is 0 Å². The van der Waals surface area contributed by atoms with Gasteiger partial charge in [-0.05, 0) is 0 Å². The molecule has 0 aliphatic carbocycles. The Balaban J connectivity index is 1.48. The lowest BCUT2D eigenvalue weighted by molar-refractivity contribution is 0.382. The van der Waals surface area contributed by atoms with Crippen LogP contribution in [0.1, 0.15) is 0 Å². The molecule has 4 rings (SSSR count). The van der Waals surface area contributed by atoms with Crippen molar-refractivity contribution in [1.82, 2.24) is 33.8 Å². The summed E-state index contributed by atoms with van der Waals surface area (Å²) in [5.41, 5.74) is 0. The molecular formula is C14H16N8O2S. The fraction of sp³-hybridized carbons (Fsp3) is 0.286. The van der Waals surface area contributed by atoms with E-state index in [-0.39, 0.29) is 5.03 Å². The molecule has 1 N–H and O–H groups in total. The third kappa shape index (κ3) is 2.98. The van der Waals surface area contributed by atoms with Gasteiger partial charge in [0.15, 0.2) is 5.03 Å². The lowest BCUT2D eigenvalue weighted by Crippen LogP contribution is -2.49. The largest absolute Gasteiger partial charge is 0.354 e. The van der Waals surface area contributed by atoms with Crippen molar-refractivity contribution in [2.45, 2.75) is 5.03 Å².